The fourth-order valence-electron chi connectivity index (χ4n) is 2.87. The lowest BCUT2D eigenvalue weighted by atomic mass is 10.1. The van der Waals surface area contributed by atoms with Crippen LogP contribution in [0.5, 0.6) is 0 Å². The molecule has 0 aromatic rings. The van der Waals surface area contributed by atoms with E-state index in [-0.39, 0.29) is 5.92 Å². The van der Waals surface area contributed by atoms with Gasteiger partial charge in [-0.15, -0.1) is 0 Å². The minimum atomic E-state index is -3.06. The van der Waals surface area contributed by atoms with E-state index in [1.807, 2.05) is 13.8 Å². The van der Waals surface area contributed by atoms with Crippen LogP contribution in [-0.2, 0) is 14.8 Å². The Balaban J connectivity index is 1.78. The molecule has 2 rings (SSSR count). The summed E-state index contributed by atoms with van der Waals surface area (Å²) >= 11 is 0. The van der Waals surface area contributed by atoms with Gasteiger partial charge in [-0.3, -0.25) is 0 Å². The highest BCUT2D eigenvalue weighted by Crippen LogP contribution is 2.17. The second-order valence-corrected chi connectivity index (χ2v) is 8.23. The molecule has 2 heterocycles. The van der Waals surface area contributed by atoms with Crippen molar-refractivity contribution in [2.75, 3.05) is 51.7 Å². The SMILES string of the molecule is CCC(C)CS(=O)(=O)N1CCN(CC2CCOC2)CC1. The Kier molecular flexibility index (Phi) is 5.84. The zero-order valence-electron chi connectivity index (χ0n) is 12.8. The molecule has 20 heavy (non-hydrogen) atoms. The topological polar surface area (TPSA) is 49.9 Å². The van der Waals surface area contributed by atoms with Crippen LogP contribution in [0.25, 0.3) is 0 Å². The Morgan fingerprint density at radius 2 is 1.95 bits per heavy atom. The standard InChI is InChI=1S/C14H28N2O3S/c1-3-13(2)12-20(17,18)16-7-5-15(6-8-16)10-14-4-9-19-11-14/h13-14H,3-12H2,1-2H3. The number of sulfonamides is 1. The molecular formula is C14H28N2O3S. The molecule has 0 N–H and O–H groups in total. The van der Waals surface area contributed by atoms with Gasteiger partial charge in [-0.05, 0) is 18.3 Å². The number of hydrogen-bond donors (Lipinski definition) is 0. The molecule has 0 radical (unpaired) electrons. The molecule has 2 unspecified atom stereocenters. The fraction of sp³-hybridized carbons (Fsp3) is 1.00. The Morgan fingerprint density at radius 3 is 2.50 bits per heavy atom. The summed E-state index contributed by atoms with van der Waals surface area (Å²) < 4.78 is 31.7. The maximum absolute atomic E-state index is 12.3. The van der Waals surface area contributed by atoms with Crippen LogP contribution in [0.15, 0.2) is 0 Å². The molecular weight excluding hydrogens is 276 g/mol. The van der Waals surface area contributed by atoms with E-state index in [2.05, 4.69) is 4.90 Å². The van der Waals surface area contributed by atoms with Crippen LogP contribution < -0.4 is 0 Å². The first-order valence-corrected chi connectivity index (χ1v) is 9.40. The van der Waals surface area contributed by atoms with Crippen molar-refractivity contribution in [1.29, 1.82) is 0 Å². The van der Waals surface area contributed by atoms with E-state index in [4.69, 9.17) is 4.74 Å². The van der Waals surface area contributed by atoms with Crippen molar-refractivity contribution in [3.8, 4) is 0 Å². The van der Waals surface area contributed by atoms with Crippen LogP contribution in [-0.4, -0.2) is 69.3 Å². The van der Waals surface area contributed by atoms with Crippen LogP contribution in [0.4, 0.5) is 0 Å². The first kappa shape index (κ1) is 16.2. The molecule has 2 atom stereocenters. The van der Waals surface area contributed by atoms with Gasteiger partial charge in [0, 0.05) is 39.3 Å². The summed E-state index contributed by atoms with van der Waals surface area (Å²) in [5, 5.41) is 0. The molecule has 0 saturated carbocycles. The number of ether oxygens (including phenoxy) is 1. The van der Waals surface area contributed by atoms with Crippen molar-refractivity contribution in [2.45, 2.75) is 26.7 Å². The Labute approximate surface area is 123 Å². The van der Waals surface area contributed by atoms with E-state index in [0.29, 0.717) is 24.8 Å². The second-order valence-electron chi connectivity index (χ2n) is 6.22. The van der Waals surface area contributed by atoms with Gasteiger partial charge in [0.25, 0.3) is 0 Å². The third-order valence-electron chi connectivity index (χ3n) is 4.46. The van der Waals surface area contributed by atoms with Crippen molar-refractivity contribution in [3.63, 3.8) is 0 Å². The molecule has 2 saturated heterocycles. The van der Waals surface area contributed by atoms with Crippen molar-refractivity contribution in [1.82, 2.24) is 9.21 Å². The summed E-state index contributed by atoms with van der Waals surface area (Å²) in [6.07, 6.45) is 2.06. The molecule has 0 aliphatic carbocycles. The average molecular weight is 304 g/mol. The van der Waals surface area contributed by atoms with E-state index >= 15 is 0 Å². The molecule has 0 bridgehead atoms. The molecule has 118 valence electrons. The van der Waals surface area contributed by atoms with Gasteiger partial charge in [0.2, 0.25) is 10.0 Å². The third kappa shape index (κ3) is 4.41. The van der Waals surface area contributed by atoms with Crippen LogP contribution in [0.1, 0.15) is 26.7 Å². The molecule has 0 aromatic carbocycles. The largest absolute Gasteiger partial charge is 0.381 e. The molecule has 0 aromatic heterocycles. The van der Waals surface area contributed by atoms with E-state index in [9.17, 15) is 8.42 Å². The molecule has 0 amide bonds. The van der Waals surface area contributed by atoms with E-state index < -0.39 is 10.0 Å². The van der Waals surface area contributed by atoms with Crippen LogP contribution >= 0.6 is 0 Å². The molecule has 0 spiro atoms. The van der Waals surface area contributed by atoms with Crippen LogP contribution in [0.2, 0.25) is 0 Å². The fourth-order valence-corrected chi connectivity index (χ4v) is 4.75. The van der Waals surface area contributed by atoms with Crippen molar-refractivity contribution < 1.29 is 13.2 Å². The number of hydrogen-bond acceptors (Lipinski definition) is 4. The quantitative estimate of drug-likeness (QED) is 0.735. The van der Waals surface area contributed by atoms with Crippen LogP contribution in [0.3, 0.4) is 0 Å². The zero-order valence-corrected chi connectivity index (χ0v) is 13.6. The predicted octanol–water partition coefficient (Wildman–Crippen LogP) is 1.02. The highest BCUT2D eigenvalue weighted by atomic mass is 32.2. The first-order chi connectivity index (χ1) is 9.51. The number of nitrogens with zero attached hydrogens (tertiary/aromatic N) is 2. The summed E-state index contributed by atoms with van der Waals surface area (Å²) in [7, 11) is -3.06. The van der Waals surface area contributed by atoms with Crippen molar-refractivity contribution >= 4 is 10.0 Å². The maximum Gasteiger partial charge on any atom is 0.214 e. The highest BCUT2D eigenvalue weighted by Gasteiger charge is 2.29. The lowest BCUT2D eigenvalue weighted by Crippen LogP contribution is -2.50. The van der Waals surface area contributed by atoms with Crippen molar-refractivity contribution in [3.05, 3.63) is 0 Å². The van der Waals surface area contributed by atoms with E-state index in [1.165, 1.54) is 0 Å². The van der Waals surface area contributed by atoms with Gasteiger partial charge in [-0.1, -0.05) is 20.3 Å². The Morgan fingerprint density at radius 1 is 1.25 bits per heavy atom. The Hall–Kier alpha value is -0.170. The Bertz CT molecular complexity index is 385. The van der Waals surface area contributed by atoms with Crippen molar-refractivity contribution in [2.24, 2.45) is 11.8 Å². The van der Waals surface area contributed by atoms with Gasteiger partial charge in [-0.2, -0.15) is 4.31 Å². The minimum Gasteiger partial charge on any atom is -0.381 e. The maximum atomic E-state index is 12.3. The monoisotopic (exact) mass is 304 g/mol. The summed E-state index contributed by atoms with van der Waals surface area (Å²) in [6, 6.07) is 0. The summed E-state index contributed by atoms with van der Waals surface area (Å²) in [5.41, 5.74) is 0. The molecule has 2 aliphatic rings. The molecule has 6 heteroatoms. The summed E-state index contributed by atoms with van der Waals surface area (Å²) in [5.74, 6) is 1.17. The normalized spacial score (nSPS) is 27.8. The lowest BCUT2D eigenvalue weighted by Gasteiger charge is -2.35. The summed E-state index contributed by atoms with van der Waals surface area (Å²) in [4.78, 5) is 2.38. The minimum absolute atomic E-state index is 0.244. The highest BCUT2D eigenvalue weighted by molar-refractivity contribution is 7.89. The summed E-state index contributed by atoms with van der Waals surface area (Å²) in [6.45, 7) is 9.86. The van der Waals surface area contributed by atoms with Gasteiger partial charge in [0.05, 0.1) is 12.4 Å². The van der Waals surface area contributed by atoms with E-state index in [0.717, 1.165) is 45.7 Å². The first-order valence-electron chi connectivity index (χ1n) is 7.79. The predicted molar refractivity (Wildman–Crippen MR) is 80.2 cm³/mol. The van der Waals surface area contributed by atoms with Gasteiger partial charge in [0.1, 0.15) is 0 Å². The van der Waals surface area contributed by atoms with Crippen LogP contribution in [0, 0.1) is 11.8 Å². The molecule has 2 fully saturated rings. The zero-order chi connectivity index (χ0) is 14.6. The van der Waals surface area contributed by atoms with E-state index in [1.54, 1.807) is 4.31 Å². The molecule has 2 aliphatic heterocycles. The number of rotatable bonds is 6. The van der Waals surface area contributed by atoms with Gasteiger partial charge >= 0.3 is 0 Å². The smallest absolute Gasteiger partial charge is 0.214 e. The molecule has 5 nitrogen and oxygen atoms in total. The lowest BCUT2D eigenvalue weighted by molar-refractivity contribution is 0.143. The average Bonchev–Trinajstić information content (AvgIpc) is 2.91. The number of piperazine rings is 1. The van der Waals surface area contributed by atoms with Gasteiger partial charge in [0.15, 0.2) is 0 Å². The van der Waals surface area contributed by atoms with Gasteiger partial charge < -0.3 is 9.64 Å². The second kappa shape index (κ2) is 7.20. The van der Waals surface area contributed by atoms with Gasteiger partial charge in [-0.25, -0.2) is 8.42 Å². The third-order valence-corrected chi connectivity index (χ3v) is 6.60.